The van der Waals surface area contributed by atoms with E-state index in [1.807, 2.05) is 0 Å². The molecule has 0 aliphatic carbocycles. The number of aromatic nitrogens is 1. The van der Waals surface area contributed by atoms with Gasteiger partial charge in [0.15, 0.2) is 0 Å². The van der Waals surface area contributed by atoms with E-state index in [4.69, 9.17) is 4.98 Å². The molecule has 0 amide bonds. The molecule has 2 heterocycles. The van der Waals surface area contributed by atoms with Gasteiger partial charge in [0.05, 0.1) is 0 Å². The molecule has 1 aliphatic heterocycles. The third-order valence-electron chi connectivity index (χ3n) is 7.05. The molecule has 6 rings (SSSR count). The summed E-state index contributed by atoms with van der Waals surface area (Å²) in [7, 11) is 0. The van der Waals surface area contributed by atoms with Gasteiger partial charge in [0.1, 0.15) is 0 Å². The van der Waals surface area contributed by atoms with E-state index in [9.17, 15) is 0 Å². The van der Waals surface area contributed by atoms with Crippen molar-refractivity contribution in [3.05, 3.63) is 124 Å². The molecule has 3 nitrogen and oxygen atoms in total. The van der Waals surface area contributed by atoms with E-state index in [-0.39, 0.29) is 22.4 Å². The van der Waals surface area contributed by atoms with Crippen molar-refractivity contribution < 1.29 is 22.4 Å². The maximum Gasteiger partial charge on any atom is 0.0129 e. The van der Waals surface area contributed by atoms with Gasteiger partial charge in [-0.05, 0) is 125 Å². The summed E-state index contributed by atoms with van der Waals surface area (Å²) in [6.07, 6.45) is 4.21. The third-order valence-corrected chi connectivity index (χ3v) is 7.05. The van der Waals surface area contributed by atoms with Crippen LogP contribution in [-0.4, -0.2) is 0 Å². The van der Waals surface area contributed by atoms with Crippen LogP contribution in [0.1, 0.15) is 44.5 Å². The fourth-order valence-electron chi connectivity index (χ4n) is 5.60. The van der Waals surface area contributed by atoms with Crippen LogP contribution in [0.2, 0.25) is 0 Å². The van der Waals surface area contributed by atoms with Crippen LogP contribution >= 0.6 is 0 Å². The quantitative estimate of drug-likeness (QED) is 0.136. The van der Waals surface area contributed by atoms with Crippen molar-refractivity contribution in [1.82, 2.24) is 4.98 Å². The van der Waals surface area contributed by atoms with E-state index in [2.05, 4.69) is 145 Å². The second-order valence-corrected chi connectivity index (χ2v) is 11.0. The molecule has 0 saturated heterocycles. The Morgan fingerprint density at radius 2 is 0.795 bits per heavy atom. The summed E-state index contributed by atoms with van der Waals surface area (Å²) in [5.41, 5.74) is 15.0. The van der Waals surface area contributed by atoms with E-state index in [1.165, 1.54) is 66.7 Å². The SMILES string of the molecule is Cc1cc(C)c2[n-]c3c(C)cc(C)cc3c2c1.Cc1cc(C)cc(N2C=CN(c3cc(C)cc(C)c3)[CH-]2)c1.[Au]. The molecule has 0 fully saturated rings. The summed E-state index contributed by atoms with van der Waals surface area (Å²) in [6, 6.07) is 22.1. The molecule has 4 heteroatoms. The predicted octanol–water partition coefficient (Wildman–Crippen LogP) is 9.02. The van der Waals surface area contributed by atoms with Gasteiger partial charge in [-0.15, -0.1) is 17.7 Å². The minimum atomic E-state index is 0. The van der Waals surface area contributed by atoms with Gasteiger partial charge in [0.25, 0.3) is 0 Å². The van der Waals surface area contributed by atoms with Crippen molar-refractivity contribution in [2.75, 3.05) is 9.80 Å². The van der Waals surface area contributed by atoms with Gasteiger partial charge in [-0.2, -0.15) is 0 Å². The van der Waals surface area contributed by atoms with Crippen molar-refractivity contribution in [2.24, 2.45) is 0 Å². The number of benzene rings is 4. The molecular formula is C35H37AuN3-2. The van der Waals surface area contributed by atoms with Crippen LogP contribution in [-0.2, 0) is 22.4 Å². The van der Waals surface area contributed by atoms with Crippen LogP contribution in [0, 0.1) is 62.1 Å². The topological polar surface area (TPSA) is 20.6 Å². The smallest absolute Gasteiger partial charge is 0.0129 e. The number of rotatable bonds is 2. The molecule has 0 N–H and O–H groups in total. The van der Waals surface area contributed by atoms with Crippen LogP contribution in [0.3, 0.4) is 0 Å². The maximum absolute atomic E-state index is 4.80. The summed E-state index contributed by atoms with van der Waals surface area (Å²) >= 11 is 0. The largest absolute Gasteiger partial charge is 0.656 e. The summed E-state index contributed by atoms with van der Waals surface area (Å²) in [5.74, 6) is 0. The minimum Gasteiger partial charge on any atom is -0.656 e. The van der Waals surface area contributed by atoms with Gasteiger partial charge in [-0.1, -0.05) is 58.7 Å². The van der Waals surface area contributed by atoms with E-state index >= 15 is 0 Å². The van der Waals surface area contributed by atoms with Gasteiger partial charge in [0, 0.05) is 33.8 Å². The molecule has 39 heavy (non-hydrogen) atoms. The normalized spacial score (nSPS) is 12.6. The Labute approximate surface area is 249 Å². The molecule has 0 unspecified atom stereocenters. The van der Waals surface area contributed by atoms with Crippen LogP contribution in [0.5, 0.6) is 0 Å². The Morgan fingerprint density at radius 1 is 0.462 bits per heavy atom. The van der Waals surface area contributed by atoms with Gasteiger partial charge < -0.3 is 14.8 Å². The number of hydrogen-bond donors (Lipinski definition) is 0. The molecule has 1 aliphatic rings. The fourth-order valence-corrected chi connectivity index (χ4v) is 5.60. The van der Waals surface area contributed by atoms with Gasteiger partial charge >= 0.3 is 0 Å². The Morgan fingerprint density at radius 3 is 1.15 bits per heavy atom. The maximum atomic E-state index is 4.80. The summed E-state index contributed by atoms with van der Waals surface area (Å²) in [4.78, 5) is 9.13. The second kappa shape index (κ2) is 11.5. The van der Waals surface area contributed by atoms with E-state index < -0.39 is 0 Å². The molecule has 0 spiro atoms. The third kappa shape index (κ3) is 6.17. The monoisotopic (exact) mass is 696 g/mol. The van der Waals surface area contributed by atoms with Crippen LogP contribution < -0.4 is 14.8 Å². The molecule has 0 saturated carbocycles. The molecule has 0 atom stereocenters. The standard InChI is InChI=1S/C19H21N2.C16H16N.Au/c1-14-7-15(2)10-18(9-14)20-5-6-21(13-20)19-11-16(3)8-17(4)12-19;1-9-5-11(3)15-13(7-9)14-8-10(2)6-12(4)16(14)17-15;/h5-13H,1-4H3;5-8H,1-4H3;/q2*-1;. The van der Waals surface area contributed by atoms with Gasteiger partial charge in [-0.25, -0.2) is 0 Å². The molecule has 205 valence electrons. The Balaban J connectivity index is 0.000000180. The summed E-state index contributed by atoms with van der Waals surface area (Å²) < 4.78 is 0. The van der Waals surface area contributed by atoms with Crippen LogP contribution in [0.15, 0.2) is 73.1 Å². The molecule has 4 aromatic carbocycles. The number of hydrogen-bond acceptors (Lipinski definition) is 2. The number of nitrogens with zero attached hydrogens (tertiary/aromatic N) is 3. The van der Waals surface area contributed by atoms with Crippen molar-refractivity contribution in [2.45, 2.75) is 55.4 Å². The average molecular weight is 697 g/mol. The van der Waals surface area contributed by atoms with Gasteiger partial charge in [-0.3, -0.25) is 0 Å². The molecule has 1 aromatic heterocycles. The average Bonchev–Trinajstić information content (AvgIpc) is 3.45. The zero-order valence-electron chi connectivity index (χ0n) is 24.1. The summed E-state index contributed by atoms with van der Waals surface area (Å²) in [6.45, 7) is 19.3. The fraction of sp³-hybridized carbons (Fsp3) is 0.229. The molecule has 0 bridgehead atoms. The minimum absolute atomic E-state index is 0. The first-order chi connectivity index (χ1) is 18.1. The van der Waals surface area contributed by atoms with Crippen molar-refractivity contribution in [3.63, 3.8) is 0 Å². The number of aryl methyl sites for hydroxylation is 8. The van der Waals surface area contributed by atoms with E-state index in [0.717, 1.165) is 11.0 Å². The van der Waals surface area contributed by atoms with Crippen molar-refractivity contribution in [1.29, 1.82) is 0 Å². The van der Waals surface area contributed by atoms with Crippen molar-refractivity contribution >= 4 is 33.2 Å². The second-order valence-electron chi connectivity index (χ2n) is 11.0. The number of anilines is 2. The Kier molecular flexibility index (Phi) is 8.46. The zero-order valence-corrected chi connectivity index (χ0v) is 26.3. The Hall–Kier alpha value is -3.24. The van der Waals surface area contributed by atoms with E-state index in [0.29, 0.717) is 0 Å². The van der Waals surface area contributed by atoms with Gasteiger partial charge in [0.2, 0.25) is 0 Å². The first kappa shape index (κ1) is 28.8. The predicted molar refractivity (Wildman–Crippen MR) is 164 cm³/mol. The van der Waals surface area contributed by atoms with Crippen LogP contribution in [0.25, 0.3) is 21.8 Å². The Bertz CT molecular complexity index is 1530. The molecule has 5 aromatic rings. The van der Waals surface area contributed by atoms with Crippen LogP contribution in [0.4, 0.5) is 11.4 Å². The zero-order chi connectivity index (χ0) is 27.1. The van der Waals surface area contributed by atoms with E-state index in [1.54, 1.807) is 0 Å². The first-order valence-corrected chi connectivity index (χ1v) is 13.3. The van der Waals surface area contributed by atoms with Crippen molar-refractivity contribution in [3.8, 4) is 0 Å². The first-order valence-electron chi connectivity index (χ1n) is 13.3. The summed E-state index contributed by atoms with van der Waals surface area (Å²) in [5, 5.41) is 2.59. The molecular weight excluding hydrogens is 659 g/mol. The number of fused-ring (bicyclic) bond motifs is 3. The molecule has 1 radical (unpaired) electrons.